The van der Waals surface area contributed by atoms with E-state index in [1.165, 1.54) is 0 Å². The third kappa shape index (κ3) is 7.04. The Bertz CT molecular complexity index is 1590. The van der Waals surface area contributed by atoms with Gasteiger partial charge in [-0.3, -0.25) is 4.90 Å². The minimum absolute atomic E-state index is 0.266. The highest BCUT2D eigenvalue weighted by Gasteiger charge is 2.33. The molecule has 0 spiro atoms. The summed E-state index contributed by atoms with van der Waals surface area (Å²) in [6.07, 6.45) is 0.966. The number of hydrogen-bond acceptors (Lipinski definition) is 8. The number of ether oxygens (including phenoxy) is 2. The van der Waals surface area contributed by atoms with Gasteiger partial charge in [0.05, 0.1) is 22.4 Å². The molecule has 0 amide bonds. The van der Waals surface area contributed by atoms with E-state index >= 15 is 0 Å². The summed E-state index contributed by atoms with van der Waals surface area (Å²) < 4.78 is 12.9. The van der Waals surface area contributed by atoms with Crippen molar-refractivity contribution in [2.24, 2.45) is 0 Å². The van der Waals surface area contributed by atoms with E-state index in [2.05, 4.69) is 35.8 Å². The molecule has 7 nitrogen and oxygen atoms in total. The first-order valence-corrected chi connectivity index (χ1v) is 16.1. The zero-order valence-corrected chi connectivity index (χ0v) is 27.7. The van der Waals surface area contributed by atoms with Gasteiger partial charge in [0.15, 0.2) is 6.10 Å². The molecule has 9 heteroatoms. The monoisotopic (exact) mass is 620 g/mol. The number of piperazine rings is 1. The van der Waals surface area contributed by atoms with Crippen LogP contribution in [0.3, 0.4) is 0 Å². The summed E-state index contributed by atoms with van der Waals surface area (Å²) in [7, 11) is 0. The Labute approximate surface area is 263 Å². The standard InChI is InChI=1S/C34H41ClN4O3S/c1-8-41-33(40)30(42-34(5,6)7)28-22(4)19-26-31(29(28)23-9-11-25(35)12-10-23)43-32(37-26)24-13-14-36-27(20-24)39-17-15-38(16-18-39)21(2)3/h9-14,19-21,30H,8,15-18H2,1-7H3. The number of aryl methyl sites for hydroxylation is 1. The molecule has 43 heavy (non-hydrogen) atoms. The Morgan fingerprint density at radius 3 is 2.37 bits per heavy atom. The van der Waals surface area contributed by atoms with Crippen LogP contribution in [0.25, 0.3) is 31.9 Å². The highest BCUT2D eigenvalue weighted by molar-refractivity contribution is 7.22. The maximum atomic E-state index is 13.4. The van der Waals surface area contributed by atoms with Crippen molar-refractivity contribution in [3.05, 3.63) is 64.8 Å². The van der Waals surface area contributed by atoms with Gasteiger partial charge in [-0.15, -0.1) is 11.3 Å². The first kappa shape index (κ1) is 31.4. The Balaban J connectivity index is 1.63. The van der Waals surface area contributed by atoms with Crippen LogP contribution in [-0.4, -0.2) is 65.3 Å². The van der Waals surface area contributed by atoms with Gasteiger partial charge in [-0.25, -0.2) is 14.8 Å². The predicted molar refractivity (Wildman–Crippen MR) is 177 cm³/mol. The van der Waals surface area contributed by atoms with Gasteiger partial charge in [-0.2, -0.15) is 0 Å². The van der Waals surface area contributed by atoms with Gasteiger partial charge in [-0.05, 0) is 89.9 Å². The van der Waals surface area contributed by atoms with Crippen LogP contribution >= 0.6 is 22.9 Å². The molecule has 1 atom stereocenters. The summed E-state index contributed by atoms with van der Waals surface area (Å²) in [5.41, 5.74) is 4.86. The molecule has 1 unspecified atom stereocenters. The molecule has 2 aromatic heterocycles. The lowest BCUT2D eigenvalue weighted by molar-refractivity contribution is -0.166. The number of carbonyl (C=O) groups is 1. The summed E-state index contributed by atoms with van der Waals surface area (Å²) in [4.78, 5) is 28.1. The third-order valence-electron chi connectivity index (χ3n) is 7.66. The number of nitrogens with zero attached hydrogens (tertiary/aromatic N) is 4. The van der Waals surface area contributed by atoms with E-state index in [1.807, 2.05) is 71.1 Å². The Kier molecular flexibility index (Phi) is 9.42. The molecule has 228 valence electrons. The molecule has 0 aliphatic carbocycles. The van der Waals surface area contributed by atoms with E-state index in [4.69, 9.17) is 31.0 Å². The normalized spacial score (nSPS) is 15.3. The van der Waals surface area contributed by atoms with Gasteiger partial charge >= 0.3 is 5.97 Å². The molecule has 5 rings (SSSR count). The second kappa shape index (κ2) is 12.9. The lowest BCUT2D eigenvalue weighted by Gasteiger charge is -2.37. The highest BCUT2D eigenvalue weighted by atomic mass is 35.5. The molecule has 1 aliphatic rings. The number of pyridine rings is 1. The number of aromatic nitrogens is 2. The van der Waals surface area contributed by atoms with Gasteiger partial charge in [0.25, 0.3) is 0 Å². The maximum Gasteiger partial charge on any atom is 0.339 e. The van der Waals surface area contributed by atoms with Gasteiger partial charge < -0.3 is 14.4 Å². The van der Waals surface area contributed by atoms with Gasteiger partial charge in [-0.1, -0.05) is 23.7 Å². The molecular weight excluding hydrogens is 580 g/mol. The summed E-state index contributed by atoms with van der Waals surface area (Å²) >= 11 is 7.91. The van der Waals surface area contributed by atoms with Crippen LogP contribution in [0.5, 0.6) is 0 Å². The summed E-state index contributed by atoms with van der Waals surface area (Å²) in [5, 5.41) is 1.54. The highest BCUT2D eigenvalue weighted by Crippen LogP contribution is 2.44. The molecular formula is C34H41ClN4O3S. The van der Waals surface area contributed by atoms with E-state index < -0.39 is 17.7 Å². The van der Waals surface area contributed by atoms with Crippen molar-refractivity contribution in [2.45, 2.75) is 66.2 Å². The van der Waals surface area contributed by atoms with Crippen LogP contribution in [0.1, 0.15) is 58.8 Å². The smallest absolute Gasteiger partial charge is 0.339 e. The second-order valence-electron chi connectivity index (χ2n) is 12.2. The second-order valence-corrected chi connectivity index (χ2v) is 13.7. The van der Waals surface area contributed by atoms with E-state index in [0.29, 0.717) is 11.1 Å². The fourth-order valence-electron chi connectivity index (χ4n) is 5.56. The minimum atomic E-state index is -0.905. The van der Waals surface area contributed by atoms with Crippen molar-refractivity contribution in [3.8, 4) is 21.7 Å². The molecule has 0 radical (unpaired) electrons. The van der Waals surface area contributed by atoms with Gasteiger partial charge in [0.1, 0.15) is 10.8 Å². The number of halogens is 1. The lowest BCUT2D eigenvalue weighted by Crippen LogP contribution is -2.49. The quantitative estimate of drug-likeness (QED) is 0.185. The molecule has 0 bridgehead atoms. The van der Waals surface area contributed by atoms with Gasteiger partial charge in [0.2, 0.25) is 0 Å². The number of benzene rings is 2. The van der Waals surface area contributed by atoms with Crippen LogP contribution in [0, 0.1) is 6.92 Å². The van der Waals surface area contributed by atoms with Crippen molar-refractivity contribution in [3.63, 3.8) is 0 Å². The predicted octanol–water partition coefficient (Wildman–Crippen LogP) is 7.94. The zero-order valence-electron chi connectivity index (χ0n) is 26.1. The molecule has 1 fully saturated rings. The number of hydrogen-bond donors (Lipinski definition) is 0. The molecule has 1 saturated heterocycles. The molecule has 2 aromatic carbocycles. The molecule has 1 aliphatic heterocycles. The molecule has 0 N–H and O–H groups in total. The first-order valence-electron chi connectivity index (χ1n) is 14.9. The fourth-order valence-corrected chi connectivity index (χ4v) is 6.81. The largest absolute Gasteiger partial charge is 0.464 e. The minimum Gasteiger partial charge on any atom is -0.464 e. The third-order valence-corrected chi connectivity index (χ3v) is 9.05. The maximum absolute atomic E-state index is 13.4. The van der Waals surface area contributed by atoms with Crippen LogP contribution in [-0.2, 0) is 14.3 Å². The van der Waals surface area contributed by atoms with Crippen molar-refractivity contribution in [1.29, 1.82) is 0 Å². The van der Waals surface area contributed by atoms with Crippen molar-refractivity contribution >= 4 is 44.9 Å². The lowest BCUT2D eigenvalue weighted by atomic mass is 9.91. The van der Waals surface area contributed by atoms with Gasteiger partial charge in [0, 0.05) is 60.1 Å². The number of thiazole rings is 1. The fraction of sp³-hybridized carbons (Fsp3) is 0.441. The molecule has 0 saturated carbocycles. The van der Waals surface area contributed by atoms with Crippen LogP contribution in [0.15, 0.2) is 48.7 Å². The van der Waals surface area contributed by atoms with E-state index in [-0.39, 0.29) is 6.61 Å². The average molecular weight is 621 g/mol. The number of esters is 1. The first-order chi connectivity index (χ1) is 20.4. The zero-order chi connectivity index (χ0) is 30.9. The molecule has 3 heterocycles. The summed E-state index contributed by atoms with van der Waals surface area (Å²) in [6.45, 7) is 18.4. The summed E-state index contributed by atoms with van der Waals surface area (Å²) in [5.74, 6) is 0.562. The number of fused-ring (bicyclic) bond motifs is 1. The van der Waals surface area contributed by atoms with Crippen molar-refractivity contribution in [1.82, 2.24) is 14.9 Å². The Morgan fingerprint density at radius 1 is 1.05 bits per heavy atom. The Morgan fingerprint density at radius 2 is 1.74 bits per heavy atom. The SMILES string of the molecule is CCOC(=O)C(OC(C)(C)C)c1c(C)cc2nc(-c3ccnc(N4CCN(C(C)C)CC4)c3)sc2c1-c1ccc(Cl)cc1. The van der Waals surface area contributed by atoms with E-state index in [0.717, 1.165) is 75.0 Å². The van der Waals surface area contributed by atoms with E-state index in [1.54, 1.807) is 11.3 Å². The topological polar surface area (TPSA) is 67.8 Å². The molecule has 4 aromatic rings. The van der Waals surface area contributed by atoms with E-state index in [9.17, 15) is 4.79 Å². The van der Waals surface area contributed by atoms with Crippen molar-refractivity contribution in [2.75, 3.05) is 37.7 Å². The summed E-state index contributed by atoms with van der Waals surface area (Å²) in [6, 6.07) is 14.5. The van der Waals surface area contributed by atoms with Crippen LogP contribution in [0.4, 0.5) is 5.82 Å². The average Bonchev–Trinajstić information content (AvgIpc) is 3.39. The number of rotatable bonds is 8. The Hall–Kier alpha value is -3.04. The number of anilines is 1. The van der Waals surface area contributed by atoms with Crippen molar-refractivity contribution < 1.29 is 14.3 Å². The number of carbonyl (C=O) groups excluding carboxylic acids is 1. The van der Waals surface area contributed by atoms with Crippen LogP contribution in [0.2, 0.25) is 5.02 Å². The van der Waals surface area contributed by atoms with Crippen LogP contribution < -0.4 is 4.90 Å².